The van der Waals surface area contributed by atoms with Crippen LogP contribution in [-0.2, 0) is 20.5 Å². The Bertz CT molecular complexity index is 743. The molecule has 0 saturated heterocycles. The van der Waals surface area contributed by atoms with Gasteiger partial charge in [0.2, 0.25) is 0 Å². The number of hydrogen-bond acceptors (Lipinski definition) is 3. The lowest BCUT2D eigenvalue weighted by Gasteiger charge is -2.16. The first-order valence-corrected chi connectivity index (χ1v) is 9.32. The monoisotopic (exact) mass is 338 g/mol. The van der Waals surface area contributed by atoms with Crippen LogP contribution in [0.25, 0.3) is 21.5 Å². The average Bonchev–Trinajstić information content (AvgIpc) is 2.61. The topological polar surface area (TPSA) is 27.7 Å². The second kappa shape index (κ2) is 8.40. The number of rotatable bonds is 8. The van der Waals surface area contributed by atoms with E-state index in [9.17, 15) is 0 Å². The second-order valence-corrected chi connectivity index (χ2v) is 6.44. The molecule has 2 radical (unpaired) electrons. The van der Waals surface area contributed by atoms with Gasteiger partial charge in [-0.15, -0.1) is 0 Å². The van der Waals surface area contributed by atoms with Crippen molar-refractivity contribution >= 4 is 31.3 Å². The van der Waals surface area contributed by atoms with Crippen molar-refractivity contribution in [2.24, 2.45) is 0 Å². The Hall–Kier alpha value is -1.72. The Morgan fingerprint density at radius 2 is 1.38 bits per heavy atom. The van der Waals surface area contributed by atoms with E-state index >= 15 is 0 Å². The lowest BCUT2D eigenvalue weighted by atomic mass is 9.97. The van der Waals surface area contributed by atoms with Crippen molar-refractivity contribution in [2.75, 3.05) is 13.2 Å². The van der Waals surface area contributed by atoms with Gasteiger partial charge in [0, 0.05) is 13.2 Å². The third kappa shape index (κ3) is 3.84. The summed E-state index contributed by atoms with van der Waals surface area (Å²) < 4.78 is 17.1. The molecule has 3 rings (SSSR count). The third-order valence-electron chi connectivity index (χ3n) is 3.91. The van der Waals surface area contributed by atoms with Gasteiger partial charge < -0.3 is 13.9 Å². The van der Waals surface area contributed by atoms with Crippen molar-refractivity contribution < 1.29 is 13.9 Å². The highest BCUT2D eigenvalue weighted by Gasteiger charge is 2.13. The highest BCUT2D eigenvalue weighted by molar-refractivity contribution is 6.28. The lowest BCUT2D eigenvalue weighted by Crippen LogP contribution is -2.26. The summed E-state index contributed by atoms with van der Waals surface area (Å²) in [5, 5.41) is 4.96. The molecule has 4 heteroatoms. The molecule has 24 heavy (non-hydrogen) atoms. The molecule has 0 aliphatic heterocycles. The first-order chi connectivity index (χ1) is 11.8. The maximum absolute atomic E-state index is 5.98. The Morgan fingerprint density at radius 3 is 1.92 bits per heavy atom. The molecule has 0 aliphatic rings. The SMILES string of the molecule is CCOC(OCC)[Si]OCc1c2ccccc2cc2ccccc12. The van der Waals surface area contributed by atoms with Crippen LogP contribution in [0.3, 0.4) is 0 Å². The van der Waals surface area contributed by atoms with E-state index in [0.29, 0.717) is 19.8 Å². The summed E-state index contributed by atoms with van der Waals surface area (Å²) >= 11 is 0. The molecule has 0 aromatic heterocycles. The van der Waals surface area contributed by atoms with Crippen LogP contribution >= 0.6 is 0 Å². The van der Waals surface area contributed by atoms with Gasteiger partial charge in [-0.25, -0.2) is 0 Å². The number of benzene rings is 3. The fourth-order valence-corrected chi connectivity index (χ4v) is 3.70. The van der Waals surface area contributed by atoms with Crippen LogP contribution in [0.5, 0.6) is 0 Å². The van der Waals surface area contributed by atoms with Crippen molar-refractivity contribution in [1.82, 2.24) is 0 Å². The number of hydrogen-bond donors (Lipinski definition) is 0. The van der Waals surface area contributed by atoms with E-state index in [-0.39, 0.29) is 15.7 Å². The Balaban J connectivity index is 1.86. The molecule has 0 saturated carbocycles. The molecule has 124 valence electrons. The molecule has 0 aliphatic carbocycles. The summed E-state index contributed by atoms with van der Waals surface area (Å²) in [6.45, 7) is 5.73. The van der Waals surface area contributed by atoms with E-state index in [1.807, 2.05) is 13.8 Å². The van der Waals surface area contributed by atoms with Gasteiger partial charge >= 0.3 is 0 Å². The summed E-state index contributed by atoms with van der Waals surface area (Å²) in [6.07, 6.45) is 0. The van der Waals surface area contributed by atoms with Crippen molar-refractivity contribution in [3.8, 4) is 0 Å². The zero-order chi connectivity index (χ0) is 16.8. The van der Waals surface area contributed by atoms with Crippen LogP contribution in [0.15, 0.2) is 54.6 Å². The third-order valence-corrected chi connectivity index (χ3v) is 4.75. The van der Waals surface area contributed by atoms with Gasteiger partial charge in [-0.05, 0) is 47.0 Å². The molecule has 3 nitrogen and oxygen atoms in total. The van der Waals surface area contributed by atoms with E-state index in [0.717, 1.165) is 0 Å². The minimum atomic E-state index is -0.277. The smallest absolute Gasteiger partial charge is 0.300 e. The normalized spacial score (nSPS) is 11.6. The van der Waals surface area contributed by atoms with Crippen molar-refractivity contribution in [3.05, 3.63) is 60.2 Å². The van der Waals surface area contributed by atoms with Crippen molar-refractivity contribution in [2.45, 2.75) is 26.4 Å². The van der Waals surface area contributed by atoms with Gasteiger partial charge in [0.15, 0.2) is 5.91 Å². The lowest BCUT2D eigenvalue weighted by molar-refractivity contribution is -0.0902. The van der Waals surface area contributed by atoms with Gasteiger partial charge in [0.25, 0.3) is 9.76 Å². The van der Waals surface area contributed by atoms with E-state index in [1.54, 1.807) is 0 Å². The summed E-state index contributed by atoms with van der Waals surface area (Å²) in [4.78, 5) is 0. The Kier molecular flexibility index (Phi) is 5.99. The van der Waals surface area contributed by atoms with Gasteiger partial charge in [-0.2, -0.15) is 0 Å². The first-order valence-electron chi connectivity index (χ1n) is 8.33. The van der Waals surface area contributed by atoms with Crippen LogP contribution in [0, 0.1) is 0 Å². The number of fused-ring (bicyclic) bond motifs is 2. The maximum atomic E-state index is 5.98. The van der Waals surface area contributed by atoms with Gasteiger partial charge in [0.1, 0.15) is 0 Å². The van der Waals surface area contributed by atoms with Crippen LogP contribution in [0.2, 0.25) is 0 Å². The van der Waals surface area contributed by atoms with E-state index in [2.05, 4.69) is 54.6 Å². The molecule has 3 aromatic rings. The van der Waals surface area contributed by atoms with Crippen molar-refractivity contribution in [1.29, 1.82) is 0 Å². The Labute approximate surface area is 145 Å². The molecule has 0 spiro atoms. The molecular weight excluding hydrogens is 316 g/mol. The summed E-state index contributed by atoms with van der Waals surface area (Å²) in [7, 11) is 0.160. The molecule has 0 amide bonds. The molecule has 0 unspecified atom stereocenters. The quantitative estimate of drug-likeness (QED) is 0.344. The molecule has 0 bridgehead atoms. The summed E-state index contributed by atoms with van der Waals surface area (Å²) in [5.41, 5.74) is 1.22. The van der Waals surface area contributed by atoms with E-state index in [1.165, 1.54) is 27.1 Å². The molecule has 0 N–H and O–H groups in total. The highest BCUT2D eigenvalue weighted by atomic mass is 28.2. The predicted molar refractivity (Wildman–Crippen MR) is 99.0 cm³/mol. The van der Waals surface area contributed by atoms with Gasteiger partial charge in [-0.3, -0.25) is 0 Å². The van der Waals surface area contributed by atoms with Gasteiger partial charge in [-0.1, -0.05) is 48.5 Å². The zero-order valence-corrected chi connectivity index (χ0v) is 15.1. The highest BCUT2D eigenvalue weighted by Crippen LogP contribution is 2.28. The van der Waals surface area contributed by atoms with Gasteiger partial charge in [0.05, 0.1) is 6.61 Å². The van der Waals surface area contributed by atoms with Crippen LogP contribution in [-0.4, -0.2) is 28.9 Å². The summed E-state index contributed by atoms with van der Waals surface area (Å²) in [6, 6.07) is 19.1. The standard InChI is InChI=1S/C20H22O3Si/c1-3-21-20(22-4-2)24-23-14-19-17-11-7-5-9-15(17)13-16-10-6-8-12-18(16)19/h5-13,20H,3-4,14H2,1-2H3. The molecule has 0 fully saturated rings. The van der Waals surface area contributed by atoms with Crippen LogP contribution < -0.4 is 0 Å². The Morgan fingerprint density at radius 1 is 0.833 bits per heavy atom. The second-order valence-electron chi connectivity index (χ2n) is 5.45. The molecular formula is C20H22O3Si. The predicted octanol–water partition coefficient (Wildman–Crippen LogP) is 4.49. The minimum Gasteiger partial charge on any atom is -0.408 e. The largest absolute Gasteiger partial charge is 0.408 e. The van der Waals surface area contributed by atoms with E-state index in [4.69, 9.17) is 13.9 Å². The maximum Gasteiger partial charge on any atom is 0.300 e. The molecule has 3 aromatic carbocycles. The molecule has 0 atom stereocenters. The number of ether oxygens (including phenoxy) is 2. The first kappa shape index (κ1) is 17.1. The minimum absolute atomic E-state index is 0.160. The average molecular weight is 338 g/mol. The molecule has 0 heterocycles. The fraction of sp³-hybridized carbons (Fsp3) is 0.300. The van der Waals surface area contributed by atoms with E-state index < -0.39 is 0 Å². The van der Waals surface area contributed by atoms with Crippen LogP contribution in [0.1, 0.15) is 19.4 Å². The van der Waals surface area contributed by atoms with Crippen molar-refractivity contribution in [3.63, 3.8) is 0 Å². The van der Waals surface area contributed by atoms with Crippen LogP contribution in [0.4, 0.5) is 0 Å². The fourth-order valence-electron chi connectivity index (χ4n) is 2.86. The summed E-state index contributed by atoms with van der Waals surface area (Å²) in [5.74, 6) is -0.277. The zero-order valence-electron chi connectivity index (χ0n) is 14.1.